The molecule has 0 fully saturated rings. The van der Waals surface area contributed by atoms with Crippen LogP contribution < -0.4 is 10.4 Å². The van der Waals surface area contributed by atoms with E-state index in [-0.39, 0.29) is 17.4 Å². The van der Waals surface area contributed by atoms with Gasteiger partial charge in [0.25, 0.3) is 5.91 Å². The van der Waals surface area contributed by atoms with Crippen LogP contribution >= 0.6 is 0 Å². The topological polar surface area (TPSA) is 170 Å². The van der Waals surface area contributed by atoms with Gasteiger partial charge in [0.15, 0.2) is 6.10 Å². The highest BCUT2D eigenvalue weighted by Gasteiger charge is 2.34. The van der Waals surface area contributed by atoms with Crippen molar-refractivity contribution in [3.05, 3.63) is 0 Å². The maximum Gasteiger partial charge on any atom is 0.251 e. The zero-order chi connectivity index (χ0) is 19.1. The molecule has 0 saturated carbocycles. The fraction of sp³-hybridized carbons (Fsp3) is 0.857. The van der Waals surface area contributed by atoms with Crippen molar-refractivity contribution < 1.29 is 44.7 Å². The number of hydrogen-bond acceptors (Lipinski definition) is 8. The Bertz CT molecular complexity index is 412. The maximum absolute atomic E-state index is 11.7. The minimum absolute atomic E-state index is 0.0467. The molecule has 0 rings (SSSR count). The van der Waals surface area contributed by atoms with Crippen LogP contribution in [-0.4, -0.2) is 107 Å². The number of aliphatic hydroxyl groups excluding tert-OH is 5. The van der Waals surface area contributed by atoms with Crippen molar-refractivity contribution in [1.82, 2.24) is 5.32 Å². The molecule has 0 aromatic rings. The van der Waals surface area contributed by atoms with E-state index in [0.29, 0.717) is 6.42 Å². The molecule has 0 aliphatic carbocycles. The second kappa shape index (κ2) is 9.87. The quantitative estimate of drug-likeness (QED) is 0.159. The van der Waals surface area contributed by atoms with E-state index in [1.54, 1.807) is 21.1 Å². The largest absolute Gasteiger partial charge is 0.544 e. The summed E-state index contributed by atoms with van der Waals surface area (Å²) >= 11 is 0. The molecule has 5 atom stereocenters. The molecule has 10 nitrogen and oxygen atoms in total. The lowest BCUT2D eigenvalue weighted by molar-refractivity contribution is -0.889. The van der Waals surface area contributed by atoms with Crippen LogP contribution in [-0.2, 0) is 9.59 Å². The van der Waals surface area contributed by atoms with Crippen LogP contribution in [0.15, 0.2) is 0 Å². The third-order valence-corrected chi connectivity index (χ3v) is 3.68. The van der Waals surface area contributed by atoms with Crippen molar-refractivity contribution in [3.63, 3.8) is 0 Å². The average molecular weight is 352 g/mol. The zero-order valence-corrected chi connectivity index (χ0v) is 14.1. The first-order chi connectivity index (χ1) is 10.9. The van der Waals surface area contributed by atoms with Gasteiger partial charge in [0, 0.05) is 13.0 Å². The van der Waals surface area contributed by atoms with Crippen LogP contribution in [0.5, 0.6) is 0 Å². The molecule has 0 aliphatic heterocycles. The second-order valence-electron chi connectivity index (χ2n) is 6.56. The van der Waals surface area contributed by atoms with Gasteiger partial charge in [-0.3, -0.25) is 4.79 Å². The molecule has 0 aromatic heterocycles. The van der Waals surface area contributed by atoms with E-state index in [1.807, 2.05) is 0 Å². The molecule has 142 valence electrons. The lowest BCUT2D eigenvalue weighted by Gasteiger charge is -2.34. The molecule has 0 spiro atoms. The van der Waals surface area contributed by atoms with Gasteiger partial charge in [-0.15, -0.1) is 0 Å². The van der Waals surface area contributed by atoms with Gasteiger partial charge in [0.2, 0.25) is 0 Å². The molecule has 10 heteroatoms. The van der Waals surface area contributed by atoms with E-state index in [2.05, 4.69) is 5.32 Å². The van der Waals surface area contributed by atoms with Gasteiger partial charge in [-0.1, -0.05) is 0 Å². The summed E-state index contributed by atoms with van der Waals surface area (Å²) in [7, 11) is 5.10. The summed E-state index contributed by atoms with van der Waals surface area (Å²) in [5.74, 6) is -2.19. The number of carboxylic acid groups (broad SMARTS) is 1. The van der Waals surface area contributed by atoms with E-state index in [4.69, 9.17) is 10.2 Å². The number of likely N-dealkylation sites (N-methyl/N-ethyl adjacent to an activating group) is 1. The Morgan fingerprint density at radius 1 is 1.08 bits per heavy atom. The number of nitrogens with one attached hydrogen (secondary N) is 1. The van der Waals surface area contributed by atoms with E-state index < -0.39 is 48.9 Å². The number of aliphatic hydroxyl groups is 5. The first-order valence-electron chi connectivity index (χ1n) is 7.56. The lowest BCUT2D eigenvalue weighted by atomic mass is 10.0. The maximum atomic E-state index is 11.7. The van der Waals surface area contributed by atoms with Gasteiger partial charge in [-0.05, 0) is 6.42 Å². The third-order valence-electron chi connectivity index (χ3n) is 3.68. The summed E-state index contributed by atoms with van der Waals surface area (Å²) in [6.45, 7) is -0.798. The van der Waals surface area contributed by atoms with Crippen molar-refractivity contribution in [1.29, 1.82) is 0 Å². The van der Waals surface area contributed by atoms with Gasteiger partial charge in [-0.2, -0.15) is 0 Å². The van der Waals surface area contributed by atoms with Gasteiger partial charge >= 0.3 is 0 Å². The molecular weight excluding hydrogens is 324 g/mol. The fourth-order valence-corrected chi connectivity index (χ4v) is 2.11. The molecule has 0 bridgehead atoms. The van der Waals surface area contributed by atoms with Gasteiger partial charge < -0.3 is 45.2 Å². The summed E-state index contributed by atoms with van der Waals surface area (Å²) in [4.78, 5) is 22.7. The predicted octanol–water partition coefficient (Wildman–Crippen LogP) is -4.86. The van der Waals surface area contributed by atoms with Crippen molar-refractivity contribution >= 4 is 11.9 Å². The number of hydrogen-bond donors (Lipinski definition) is 6. The second-order valence-corrected chi connectivity index (χ2v) is 6.56. The smallest absolute Gasteiger partial charge is 0.251 e. The van der Waals surface area contributed by atoms with Gasteiger partial charge in [0.05, 0.1) is 33.7 Å². The number of rotatable bonds is 11. The van der Waals surface area contributed by atoms with E-state index in [9.17, 15) is 30.0 Å². The Labute approximate surface area is 140 Å². The monoisotopic (exact) mass is 352 g/mol. The zero-order valence-electron chi connectivity index (χ0n) is 14.1. The molecule has 24 heavy (non-hydrogen) atoms. The molecule has 0 aliphatic rings. The number of aliphatic carboxylic acids is 1. The van der Waals surface area contributed by atoms with Crippen molar-refractivity contribution in [2.24, 2.45) is 0 Å². The molecule has 0 saturated heterocycles. The Morgan fingerprint density at radius 2 is 1.62 bits per heavy atom. The first-order valence-corrected chi connectivity index (χ1v) is 7.56. The third kappa shape index (κ3) is 7.07. The Kier molecular flexibility index (Phi) is 9.33. The predicted molar refractivity (Wildman–Crippen MR) is 80.2 cm³/mol. The van der Waals surface area contributed by atoms with Gasteiger partial charge in [0.1, 0.15) is 24.4 Å². The summed E-state index contributed by atoms with van der Waals surface area (Å²) in [5, 5.41) is 59.8. The summed E-state index contributed by atoms with van der Waals surface area (Å²) < 4.78 is 0.156. The van der Waals surface area contributed by atoms with Crippen molar-refractivity contribution in [3.8, 4) is 0 Å². The lowest BCUT2D eigenvalue weighted by Crippen LogP contribution is -2.55. The van der Waals surface area contributed by atoms with Crippen LogP contribution in [0.2, 0.25) is 0 Å². The number of carbonyl (C=O) groups is 2. The van der Waals surface area contributed by atoms with Crippen molar-refractivity contribution in [2.75, 3.05) is 34.3 Å². The van der Waals surface area contributed by atoms with E-state index >= 15 is 0 Å². The van der Waals surface area contributed by atoms with E-state index in [1.165, 1.54) is 0 Å². The van der Waals surface area contributed by atoms with Crippen LogP contribution in [0, 0.1) is 0 Å². The number of carbonyl (C=O) groups excluding carboxylic acids is 2. The van der Waals surface area contributed by atoms with Crippen LogP contribution in [0.25, 0.3) is 0 Å². The van der Waals surface area contributed by atoms with E-state index in [0.717, 1.165) is 0 Å². The summed E-state index contributed by atoms with van der Waals surface area (Å²) in [6.07, 6.45) is -7.04. The van der Waals surface area contributed by atoms with Gasteiger partial charge in [-0.25, -0.2) is 0 Å². The highest BCUT2D eigenvalue weighted by Crippen LogP contribution is 2.09. The number of carboxylic acids is 1. The Balaban J connectivity index is 4.37. The molecule has 0 heterocycles. The fourth-order valence-electron chi connectivity index (χ4n) is 2.11. The standard InChI is InChI=1S/C14H28N2O8/c1-16(2,3)8(14(23)24)5-4-6-15-13(22)12(21)11(20)10(19)9(18)7-17/h8-12,17-21H,4-7H2,1-3H3,(H-,15,22,23,24)/t8?,9-,10-,11+,12-/m1/s1. The molecule has 1 unspecified atom stereocenters. The van der Waals surface area contributed by atoms with Crippen LogP contribution in [0.4, 0.5) is 0 Å². The first kappa shape index (κ1) is 22.7. The summed E-state index contributed by atoms with van der Waals surface area (Å²) in [6, 6.07) is -0.765. The normalized spacial score (nSPS) is 18.3. The molecule has 1 amide bonds. The Hall–Kier alpha value is -1.30. The van der Waals surface area contributed by atoms with Crippen LogP contribution in [0.1, 0.15) is 12.8 Å². The number of amides is 1. The minimum atomic E-state index is -2.00. The van der Waals surface area contributed by atoms with Crippen LogP contribution in [0.3, 0.4) is 0 Å². The number of nitrogens with zero attached hydrogens (tertiary/aromatic N) is 1. The number of quaternary nitrogens is 1. The average Bonchev–Trinajstić information content (AvgIpc) is 2.49. The molecule has 0 radical (unpaired) electrons. The summed E-state index contributed by atoms with van der Waals surface area (Å²) in [5.41, 5.74) is 0. The highest BCUT2D eigenvalue weighted by atomic mass is 16.4. The highest BCUT2D eigenvalue weighted by molar-refractivity contribution is 5.81. The minimum Gasteiger partial charge on any atom is -0.544 e. The Morgan fingerprint density at radius 3 is 2.04 bits per heavy atom. The van der Waals surface area contributed by atoms with Crippen molar-refractivity contribution in [2.45, 2.75) is 43.3 Å². The molecule has 0 aromatic carbocycles. The SMILES string of the molecule is C[N+](C)(C)C(CCCNC(=O)[C@H](O)[C@@H](O)[C@H](O)[C@H](O)CO)C(=O)[O-]. The molecule has 6 N–H and O–H groups in total. The molecular formula is C14H28N2O8.